The predicted octanol–water partition coefficient (Wildman–Crippen LogP) is 4.13. The molecule has 0 atom stereocenters. The molecule has 194 valence electrons. The van der Waals surface area contributed by atoms with Gasteiger partial charge in [-0.15, -0.1) is 11.3 Å². The molecule has 2 aromatic heterocycles. The Morgan fingerprint density at radius 1 is 1.00 bits per heavy atom. The first-order chi connectivity index (χ1) is 18.0. The summed E-state index contributed by atoms with van der Waals surface area (Å²) in [5.41, 5.74) is 2.98. The van der Waals surface area contributed by atoms with Gasteiger partial charge in [0.1, 0.15) is 5.82 Å². The molecule has 2 aliphatic rings. The summed E-state index contributed by atoms with van der Waals surface area (Å²) in [4.78, 5) is 36.9. The van der Waals surface area contributed by atoms with Gasteiger partial charge in [-0.3, -0.25) is 9.59 Å². The van der Waals surface area contributed by atoms with Crippen LogP contribution in [-0.2, 0) is 9.59 Å². The first-order valence-electron chi connectivity index (χ1n) is 12.8. The molecule has 3 aromatic rings. The summed E-state index contributed by atoms with van der Waals surface area (Å²) >= 11 is 1.64. The third-order valence-corrected chi connectivity index (χ3v) is 8.03. The number of piperazine rings is 1. The first kappa shape index (κ1) is 25.0. The number of carbonyl (C=O) groups is 2. The van der Waals surface area contributed by atoms with E-state index in [0.717, 1.165) is 79.3 Å². The summed E-state index contributed by atoms with van der Waals surface area (Å²) in [5, 5.41) is 12.1. The lowest BCUT2D eigenvalue weighted by atomic mass is 9.91. The number of nitrogens with one attached hydrogen (secondary N) is 3. The van der Waals surface area contributed by atoms with E-state index in [1.54, 1.807) is 18.3 Å². The SMILES string of the molecule is C=CC(=O)NC1CCC(Nc2nc(Nc3ccc(N4CCN(C(C)=O)CC4)cc3)nc3ccsc23)CC1. The smallest absolute Gasteiger partial charge is 0.243 e. The zero-order valence-corrected chi connectivity index (χ0v) is 21.9. The number of thiophene rings is 1. The highest BCUT2D eigenvalue weighted by molar-refractivity contribution is 7.17. The second kappa shape index (κ2) is 11.2. The molecule has 1 aliphatic heterocycles. The molecular formula is C27H33N7O2S. The Morgan fingerprint density at radius 2 is 1.70 bits per heavy atom. The van der Waals surface area contributed by atoms with Crippen molar-refractivity contribution in [1.82, 2.24) is 20.2 Å². The van der Waals surface area contributed by atoms with Gasteiger partial charge in [-0.05, 0) is 67.5 Å². The monoisotopic (exact) mass is 519 g/mol. The number of hydrogen-bond acceptors (Lipinski definition) is 8. The Kier molecular flexibility index (Phi) is 7.55. The van der Waals surface area contributed by atoms with Gasteiger partial charge in [0.25, 0.3) is 0 Å². The molecule has 1 aromatic carbocycles. The van der Waals surface area contributed by atoms with Crippen LogP contribution < -0.4 is 20.9 Å². The van der Waals surface area contributed by atoms with Gasteiger partial charge in [-0.1, -0.05) is 6.58 Å². The van der Waals surface area contributed by atoms with E-state index < -0.39 is 0 Å². The van der Waals surface area contributed by atoms with Gasteiger partial charge in [0.05, 0.1) is 10.2 Å². The van der Waals surface area contributed by atoms with Crippen molar-refractivity contribution in [3.63, 3.8) is 0 Å². The Hall–Kier alpha value is -3.66. The van der Waals surface area contributed by atoms with Crippen molar-refractivity contribution in [3.8, 4) is 0 Å². The minimum Gasteiger partial charge on any atom is -0.368 e. The number of fused-ring (bicyclic) bond motifs is 1. The number of hydrogen-bond donors (Lipinski definition) is 3. The number of anilines is 4. The lowest BCUT2D eigenvalue weighted by Gasteiger charge is -2.35. The average Bonchev–Trinajstić information content (AvgIpc) is 3.39. The molecule has 3 N–H and O–H groups in total. The van der Waals surface area contributed by atoms with Crippen molar-refractivity contribution in [3.05, 3.63) is 48.4 Å². The van der Waals surface area contributed by atoms with Gasteiger partial charge in [-0.25, -0.2) is 4.98 Å². The summed E-state index contributed by atoms with van der Waals surface area (Å²) in [6, 6.07) is 10.8. The van der Waals surface area contributed by atoms with Crippen LogP contribution in [0.3, 0.4) is 0 Å². The standard InChI is InChI=1S/C27H33N7O2S/c1-3-24(36)28-19-4-6-20(7-5-19)29-26-25-23(12-17-37-25)31-27(32-26)30-21-8-10-22(11-9-21)34-15-13-33(14-16-34)18(2)35/h3,8-12,17,19-20H,1,4-7,13-16H2,2H3,(H,28,36)(H2,29,30,31,32). The van der Waals surface area contributed by atoms with Gasteiger partial charge in [0, 0.05) is 56.6 Å². The second-order valence-corrected chi connectivity index (χ2v) is 10.5. The largest absolute Gasteiger partial charge is 0.368 e. The molecule has 9 nitrogen and oxygen atoms in total. The van der Waals surface area contributed by atoms with Crippen LogP contribution in [0.25, 0.3) is 10.2 Å². The van der Waals surface area contributed by atoms with E-state index in [-0.39, 0.29) is 17.9 Å². The number of benzene rings is 1. The molecule has 1 saturated heterocycles. The molecule has 0 bridgehead atoms. The van der Waals surface area contributed by atoms with Crippen molar-refractivity contribution in [1.29, 1.82) is 0 Å². The topological polar surface area (TPSA) is 102 Å². The Balaban J connectivity index is 1.23. The molecule has 5 rings (SSSR count). The van der Waals surface area contributed by atoms with Crippen LogP contribution in [-0.4, -0.2) is 64.9 Å². The van der Waals surface area contributed by atoms with Crippen LogP contribution >= 0.6 is 11.3 Å². The van der Waals surface area contributed by atoms with E-state index in [9.17, 15) is 9.59 Å². The van der Waals surface area contributed by atoms with Gasteiger partial charge >= 0.3 is 0 Å². The van der Waals surface area contributed by atoms with Crippen LogP contribution in [0.15, 0.2) is 48.4 Å². The normalized spacial score (nSPS) is 19.9. The zero-order chi connectivity index (χ0) is 25.8. The number of rotatable bonds is 7. The fourth-order valence-electron chi connectivity index (χ4n) is 5.02. The molecule has 1 aliphatic carbocycles. The minimum absolute atomic E-state index is 0.105. The Bertz CT molecular complexity index is 1260. The quantitative estimate of drug-likeness (QED) is 0.404. The van der Waals surface area contributed by atoms with Crippen molar-refractivity contribution in [2.24, 2.45) is 0 Å². The summed E-state index contributed by atoms with van der Waals surface area (Å²) in [6.07, 6.45) is 5.11. The fourth-order valence-corrected chi connectivity index (χ4v) is 5.80. The number of aromatic nitrogens is 2. The van der Waals surface area contributed by atoms with Crippen LogP contribution in [0, 0.1) is 0 Å². The second-order valence-electron chi connectivity index (χ2n) is 9.60. The fraction of sp³-hybridized carbons (Fsp3) is 0.407. The van der Waals surface area contributed by atoms with E-state index in [2.05, 4.69) is 39.6 Å². The molecule has 2 amide bonds. The molecule has 0 unspecified atom stereocenters. The minimum atomic E-state index is -0.105. The molecule has 10 heteroatoms. The predicted molar refractivity (Wildman–Crippen MR) is 150 cm³/mol. The molecule has 2 fully saturated rings. The highest BCUT2D eigenvalue weighted by Crippen LogP contribution is 2.31. The van der Waals surface area contributed by atoms with Crippen molar-refractivity contribution >= 4 is 56.5 Å². The lowest BCUT2D eigenvalue weighted by molar-refractivity contribution is -0.129. The highest BCUT2D eigenvalue weighted by atomic mass is 32.1. The van der Waals surface area contributed by atoms with E-state index in [0.29, 0.717) is 12.0 Å². The average molecular weight is 520 g/mol. The summed E-state index contributed by atoms with van der Waals surface area (Å²) in [7, 11) is 0. The summed E-state index contributed by atoms with van der Waals surface area (Å²) in [5.74, 6) is 1.44. The van der Waals surface area contributed by atoms with Crippen LogP contribution in [0.5, 0.6) is 0 Å². The van der Waals surface area contributed by atoms with Crippen molar-refractivity contribution in [2.45, 2.75) is 44.7 Å². The molecule has 3 heterocycles. The van der Waals surface area contributed by atoms with Crippen molar-refractivity contribution in [2.75, 3.05) is 41.7 Å². The van der Waals surface area contributed by atoms with Gasteiger partial charge in [0.2, 0.25) is 17.8 Å². The van der Waals surface area contributed by atoms with Crippen LogP contribution in [0.4, 0.5) is 23.1 Å². The first-order valence-corrected chi connectivity index (χ1v) is 13.7. The molecule has 0 spiro atoms. The Morgan fingerprint density at radius 3 is 2.38 bits per heavy atom. The summed E-state index contributed by atoms with van der Waals surface area (Å²) in [6.45, 7) is 8.34. The van der Waals surface area contributed by atoms with Gasteiger partial charge < -0.3 is 25.8 Å². The number of amides is 2. The number of nitrogens with zero attached hydrogens (tertiary/aromatic N) is 4. The van der Waals surface area contributed by atoms with Crippen LogP contribution in [0.2, 0.25) is 0 Å². The third-order valence-electron chi connectivity index (χ3n) is 7.12. The van der Waals surface area contributed by atoms with E-state index in [1.807, 2.05) is 28.5 Å². The van der Waals surface area contributed by atoms with E-state index in [1.165, 1.54) is 6.08 Å². The van der Waals surface area contributed by atoms with E-state index in [4.69, 9.17) is 9.97 Å². The molecule has 1 saturated carbocycles. The zero-order valence-electron chi connectivity index (χ0n) is 21.1. The molecule has 37 heavy (non-hydrogen) atoms. The highest BCUT2D eigenvalue weighted by Gasteiger charge is 2.23. The number of carbonyl (C=O) groups excluding carboxylic acids is 2. The Labute approximate surface area is 221 Å². The maximum Gasteiger partial charge on any atom is 0.243 e. The van der Waals surface area contributed by atoms with Gasteiger partial charge in [-0.2, -0.15) is 4.98 Å². The molecule has 0 radical (unpaired) electrons. The van der Waals surface area contributed by atoms with Crippen LogP contribution in [0.1, 0.15) is 32.6 Å². The maximum atomic E-state index is 11.6. The van der Waals surface area contributed by atoms with Gasteiger partial charge in [0.15, 0.2) is 0 Å². The maximum absolute atomic E-state index is 11.6. The third kappa shape index (κ3) is 6.02. The lowest BCUT2D eigenvalue weighted by Crippen LogP contribution is -2.48. The van der Waals surface area contributed by atoms with Crippen molar-refractivity contribution < 1.29 is 9.59 Å². The van der Waals surface area contributed by atoms with E-state index >= 15 is 0 Å². The molecular weight excluding hydrogens is 486 g/mol. The summed E-state index contributed by atoms with van der Waals surface area (Å²) < 4.78 is 1.05.